The van der Waals surface area contributed by atoms with Crippen molar-refractivity contribution in [1.82, 2.24) is 14.5 Å². The number of rotatable bonds is 4. The molecule has 25 heavy (non-hydrogen) atoms. The molecular weight excluding hydrogens is 355 g/mol. The molecule has 0 bridgehead atoms. The van der Waals surface area contributed by atoms with E-state index in [0.29, 0.717) is 18.7 Å². The lowest BCUT2D eigenvalue weighted by Crippen LogP contribution is -2.46. The van der Waals surface area contributed by atoms with Crippen molar-refractivity contribution < 1.29 is 22.7 Å². The monoisotopic (exact) mass is 371 g/mol. The number of halogens is 3. The maximum absolute atomic E-state index is 12.6. The van der Waals surface area contributed by atoms with Crippen LogP contribution in [0.2, 0.25) is 0 Å². The number of ether oxygens (including phenoxy) is 1. The van der Waals surface area contributed by atoms with E-state index in [0.717, 1.165) is 29.9 Å². The zero-order valence-corrected chi connectivity index (χ0v) is 14.2. The van der Waals surface area contributed by atoms with E-state index in [1.54, 1.807) is 22.4 Å². The number of alkyl halides is 3. The van der Waals surface area contributed by atoms with E-state index >= 15 is 0 Å². The molecule has 0 aliphatic carbocycles. The average Bonchev–Trinajstić information content (AvgIpc) is 3.17. The summed E-state index contributed by atoms with van der Waals surface area (Å²) in [5.74, 6) is -0.417. The van der Waals surface area contributed by atoms with E-state index < -0.39 is 11.9 Å². The van der Waals surface area contributed by atoms with Gasteiger partial charge in [-0.1, -0.05) is 16.6 Å². The smallest absolute Gasteiger partial charge is 0.406 e. The number of amides is 1. The number of hydrogen-bond acceptors (Lipinski definition) is 5. The van der Waals surface area contributed by atoms with Crippen molar-refractivity contribution in [1.29, 1.82) is 0 Å². The van der Waals surface area contributed by atoms with Crippen molar-refractivity contribution >= 4 is 17.4 Å². The van der Waals surface area contributed by atoms with Gasteiger partial charge in [0.05, 0.1) is 0 Å². The summed E-state index contributed by atoms with van der Waals surface area (Å²) in [6.07, 6.45) is -2.47. The molecule has 1 aromatic heterocycles. The topological polar surface area (TPSA) is 55.3 Å². The van der Waals surface area contributed by atoms with Gasteiger partial charge in [0, 0.05) is 17.5 Å². The Morgan fingerprint density at radius 3 is 2.68 bits per heavy atom. The van der Waals surface area contributed by atoms with Gasteiger partial charge in [-0.2, -0.15) is 0 Å². The zero-order chi connectivity index (χ0) is 18.1. The van der Waals surface area contributed by atoms with Crippen molar-refractivity contribution in [3.8, 4) is 5.75 Å². The van der Waals surface area contributed by atoms with Crippen molar-refractivity contribution in [2.75, 3.05) is 6.54 Å². The zero-order valence-electron chi connectivity index (χ0n) is 13.4. The van der Waals surface area contributed by atoms with Crippen molar-refractivity contribution in [3.63, 3.8) is 0 Å². The van der Waals surface area contributed by atoms with Crippen molar-refractivity contribution in [2.45, 2.75) is 38.1 Å². The molecule has 134 valence electrons. The lowest BCUT2D eigenvalue weighted by atomic mass is 9.90. The van der Waals surface area contributed by atoms with Crippen LogP contribution in [-0.2, 0) is 6.42 Å². The molecule has 0 saturated carbocycles. The molecule has 1 aromatic carbocycles. The minimum Gasteiger partial charge on any atom is -0.406 e. The molecule has 1 unspecified atom stereocenters. The SMILES string of the molecule is CC1(Cc2ccc(OC(F)(F)F)cc2)CCCN1C(=O)c1csnn1. The Hall–Kier alpha value is -2.16. The third kappa shape index (κ3) is 4.09. The van der Waals surface area contributed by atoms with Crippen LogP contribution < -0.4 is 4.74 Å². The van der Waals surface area contributed by atoms with Gasteiger partial charge >= 0.3 is 6.36 Å². The Morgan fingerprint density at radius 1 is 1.36 bits per heavy atom. The molecule has 2 heterocycles. The van der Waals surface area contributed by atoms with E-state index in [1.165, 1.54) is 12.1 Å². The van der Waals surface area contributed by atoms with Gasteiger partial charge in [-0.3, -0.25) is 4.79 Å². The van der Waals surface area contributed by atoms with E-state index in [2.05, 4.69) is 14.3 Å². The normalized spacial score (nSPS) is 20.7. The summed E-state index contributed by atoms with van der Waals surface area (Å²) in [4.78, 5) is 14.4. The van der Waals surface area contributed by atoms with Crippen LogP contribution in [0.4, 0.5) is 13.2 Å². The third-order valence-electron chi connectivity index (χ3n) is 4.31. The fourth-order valence-corrected chi connectivity index (χ4v) is 3.63. The van der Waals surface area contributed by atoms with Gasteiger partial charge in [-0.15, -0.1) is 18.3 Å². The molecular formula is C16H16F3N3O2S. The van der Waals surface area contributed by atoms with E-state index in [4.69, 9.17) is 0 Å². The molecule has 0 N–H and O–H groups in total. The standard InChI is InChI=1S/C16H16F3N3O2S/c1-15(7-2-8-22(15)14(23)13-10-25-21-20-13)9-11-3-5-12(6-4-11)24-16(17,18)19/h3-6,10H,2,7-9H2,1H3. The lowest BCUT2D eigenvalue weighted by Gasteiger charge is -2.35. The Kier molecular flexibility index (Phi) is 4.68. The van der Waals surface area contributed by atoms with Crippen LogP contribution in [-0.4, -0.2) is 38.8 Å². The van der Waals surface area contributed by atoms with Crippen LogP contribution in [0.3, 0.4) is 0 Å². The summed E-state index contributed by atoms with van der Waals surface area (Å²) in [6, 6.07) is 5.77. The second-order valence-corrected chi connectivity index (χ2v) is 6.83. The Bertz CT molecular complexity index is 734. The minimum atomic E-state index is -4.70. The number of benzene rings is 1. The highest BCUT2D eigenvalue weighted by Gasteiger charge is 2.40. The molecule has 3 rings (SSSR count). The molecule has 0 radical (unpaired) electrons. The van der Waals surface area contributed by atoms with E-state index in [1.807, 2.05) is 6.92 Å². The number of carbonyl (C=O) groups excluding carboxylic acids is 1. The molecule has 1 fully saturated rings. The summed E-state index contributed by atoms with van der Waals surface area (Å²) < 4.78 is 44.3. The maximum Gasteiger partial charge on any atom is 0.573 e. The van der Waals surface area contributed by atoms with Gasteiger partial charge < -0.3 is 9.64 Å². The van der Waals surface area contributed by atoms with Gasteiger partial charge in [-0.25, -0.2) is 0 Å². The molecule has 9 heteroatoms. The molecule has 1 amide bonds. The van der Waals surface area contributed by atoms with Gasteiger partial charge in [0.1, 0.15) is 5.75 Å². The first-order valence-electron chi connectivity index (χ1n) is 7.71. The number of aromatic nitrogens is 2. The summed E-state index contributed by atoms with van der Waals surface area (Å²) >= 11 is 1.12. The van der Waals surface area contributed by atoms with Crippen LogP contribution in [0.5, 0.6) is 5.75 Å². The molecule has 1 atom stereocenters. The maximum atomic E-state index is 12.6. The fraction of sp³-hybridized carbons (Fsp3) is 0.438. The second-order valence-electron chi connectivity index (χ2n) is 6.22. The first kappa shape index (κ1) is 17.7. The predicted octanol–water partition coefficient (Wildman–Crippen LogP) is 3.67. The lowest BCUT2D eigenvalue weighted by molar-refractivity contribution is -0.274. The number of carbonyl (C=O) groups is 1. The Balaban J connectivity index is 1.73. The van der Waals surface area contributed by atoms with Gasteiger partial charge in [0.25, 0.3) is 5.91 Å². The minimum absolute atomic E-state index is 0.161. The van der Waals surface area contributed by atoms with Gasteiger partial charge in [0.15, 0.2) is 5.69 Å². The molecule has 5 nitrogen and oxygen atoms in total. The summed E-state index contributed by atoms with van der Waals surface area (Å²) in [5.41, 5.74) is 0.757. The van der Waals surface area contributed by atoms with E-state index in [-0.39, 0.29) is 11.7 Å². The summed E-state index contributed by atoms with van der Waals surface area (Å²) in [7, 11) is 0. The highest BCUT2D eigenvalue weighted by atomic mass is 32.1. The first-order valence-corrected chi connectivity index (χ1v) is 8.54. The average molecular weight is 371 g/mol. The van der Waals surface area contributed by atoms with Crippen molar-refractivity contribution in [2.24, 2.45) is 0 Å². The molecule has 1 saturated heterocycles. The highest BCUT2D eigenvalue weighted by Crippen LogP contribution is 2.34. The molecule has 0 spiro atoms. The first-order chi connectivity index (χ1) is 11.8. The fourth-order valence-electron chi connectivity index (χ4n) is 3.20. The van der Waals surface area contributed by atoms with Crippen LogP contribution >= 0.6 is 11.5 Å². The quantitative estimate of drug-likeness (QED) is 0.823. The van der Waals surface area contributed by atoms with Gasteiger partial charge in [-0.05, 0) is 55.4 Å². The molecule has 1 aliphatic rings. The second kappa shape index (κ2) is 6.62. The number of hydrogen-bond donors (Lipinski definition) is 0. The van der Waals surface area contributed by atoms with E-state index in [9.17, 15) is 18.0 Å². The third-order valence-corrected chi connectivity index (χ3v) is 4.82. The van der Waals surface area contributed by atoms with Crippen LogP contribution in [0.25, 0.3) is 0 Å². The largest absolute Gasteiger partial charge is 0.573 e. The van der Waals surface area contributed by atoms with Gasteiger partial charge in [0.2, 0.25) is 0 Å². The highest BCUT2D eigenvalue weighted by molar-refractivity contribution is 7.03. The number of nitrogens with zero attached hydrogens (tertiary/aromatic N) is 3. The van der Waals surface area contributed by atoms with Crippen LogP contribution in [0, 0.1) is 0 Å². The Labute approximate surface area is 146 Å². The summed E-state index contributed by atoms with van der Waals surface area (Å²) in [5, 5.41) is 5.45. The Morgan fingerprint density at radius 2 is 2.08 bits per heavy atom. The van der Waals surface area contributed by atoms with Crippen molar-refractivity contribution in [3.05, 3.63) is 40.9 Å². The molecule has 1 aliphatic heterocycles. The molecule has 2 aromatic rings. The number of likely N-dealkylation sites (tertiary alicyclic amines) is 1. The van der Waals surface area contributed by atoms with Crippen LogP contribution in [0.1, 0.15) is 35.8 Å². The van der Waals surface area contributed by atoms with Crippen LogP contribution in [0.15, 0.2) is 29.6 Å². The predicted molar refractivity (Wildman–Crippen MR) is 85.4 cm³/mol. The summed E-state index contributed by atoms with van der Waals surface area (Å²) in [6.45, 7) is 2.61.